The minimum absolute atomic E-state index is 0.229. The molecular formula is C25H35N3O3S. The first-order valence-electron chi connectivity index (χ1n) is 11.5. The molecule has 1 amide bonds. The Kier molecular flexibility index (Phi) is 8.45. The van der Waals surface area contributed by atoms with Crippen LogP contribution in [0.3, 0.4) is 0 Å². The van der Waals surface area contributed by atoms with Crippen LogP contribution >= 0.6 is 0 Å². The van der Waals surface area contributed by atoms with Gasteiger partial charge in [-0.3, -0.25) is 9.69 Å². The highest BCUT2D eigenvalue weighted by molar-refractivity contribution is 7.89. The van der Waals surface area contributed by atoms with Crippen molar-refractivity contribution in [2.75, 3.05) is 26.2 Å². The van der Waals surface area contributed by atoms with Crippen LogP contribution in [0.15, 0.2) is 47.4 Å². The molecule has 32 heavy (non-hydrogen) atoms. The molecule has 0 unspecified atom stereocenters. The minimum Gasteiger partial charge on any atom is -0.348 e. The second kappa shape index (κ2) is 11.1. The lowest BCUT2D eigenvalue weighted by Gasteiger charge is -2.26. The molecule has 3 rings (SSSR count). The van der Waals surface area contributed by atoms with Gasteiger partial charge < -0.3 is 5.32 Å². The van der Waals surface area contributed by atoms with Crippen LogP contribution in [-0.4, -0.2) is 49.7 Å². The molecule has 0 aromatic heterocycles. The van der Waals surface area contributed by atoms with Gasteiger partial charge in [-0.2, -0.15) is 4.31 Å². The van der Waals surface area contributed by atoms with Crippen LogP contribution in [0.25, 0.3) is 0 Å². The summed E-state index contributed by atoms with van der Waals surface area (Å²) < 4.78 is 27.8. The number of amides is 1. The van der Waals surface area contributed by atoms with Gasteiger partial charge in [0, 0.05) is 31.7 Å². The normalized spacial score (nSPS) is 15.1. The van der Waals surface area contributed by atoms with Gasteiger partial charge in [-0.1, -0.05) is 50.6 Å². The van der Waals surface area contributed by atoms with E-state index in [0.717, 1.165) is 44.5 Å². The highest BCUT2D eigenvalue weighted by atomic mass is 32.2. The van der Waals surface area contributed by atoms with E-state index in [2.05, 4.69) is 36.2 Å². The van der Waals surface area contributed by atoms with Crippen molar-refractivity contribution in [3.8, 4) is 0 Å². The van der Waals surface area contributed by atoms with Crippen LogP contribution in [0.1, 0.15) is 60.2 Å². The van der Waals surface area contributed by atoms with E-state index in [-0.39, 0.29) is 10.8 Å². The third-order valence-electron chi connectivity index (χ3n) is 6.16. The first-order valence-corrected chi connectivity index (χ1v) is 13.0. The van der Waals surface area contributed by atoms with E-state index in [0.29, 0.717) is 30.8 Å². The number of hydrogen-bond donors (Lipinski definition) is 1. The number of piperidine rings is 1. The first-order chi connectivity index (χ1) is 15.3. The van der Waals surface area contributed by atoms with Crippen LogP contribution in [0.4, 0.5) is 0 Å². The maximum absolute atomic E-state index is 13.1. The SMILES string of the molecule is CCN(CC)Cc1ccc(CNC(=O)c2ccc(C)c(S(=O)(=O)N3CCCCC3)c2)cc1. The molecule has 1 saturated heterocycles. The number of sulfonamides is 1. The van der Waals surface area contributed by atoms with Crippen molar-refractivity contribution in [3.63, 3.8) is 0 Å². The zero-order valence-electron chi connectivity index (χ0n) is 19.4. The predicted octanol–water partition coefficient (Wildman–Crippen LogP) is 3.94. The van der Waals surface area contributed by atoms with E-state index in [1.807, 2.05) is 12.1 Å². The number of rotatable bonds is 9. The summed E-state index contributed by atoms with van der Waals surface area (Å²) in [5.74, 6) is -0.271. The summed E-state index contributed by atoms with van der Waals surface area (Å²) in [6.45, 7) is 10.5. The van der Waals surface area contributed by atoms with Gasteiger partial charge in [0.1, 0.15) is 0 Å². The Hall–Kier alpha value is -2.22. The molecular weight excluding hydrogens is 422 g/mol. The second-order valence-electron chi connectivity index (χ2n) is 8.41. The number of carbonyl (C=O) groups excluding carboxylic acids is 1. The quantitative estimate of drug-likeness (QED) is 0.619. The minimum atomic E-state index is -3.59. The van der Waals surface area contributed by atoms with Crippen LogP contribution in [-0.2, 0) is 23.1 Å². The molecule has 7 heteroatoms. The molecule has 2 aromatic carbocycles. The number of nitrogens with zero attached hydrogens (tertiary/aromatic N) is 2. The largest absolute Gasteiger partial charge is 0.348 e. The van der Waals surface area contributed by atoms with Gasteiger partial charge in [0.25, 0.3) is 5.91 Å². The fourth-order valence-electron chi connectivity index (χ4n) is 4.02. The maximum Gasteiger partial charge on any atom is 0.251 e. The molecule has 0 radical (unpaired) electrons. The Labute approximate surface area is 192 Å². The molecule has 0 bridgehead atoms. The van der Waals surface area contributed by atoms with Crippen molar-refractivity contribution in [1.82, 2.24) is 14.5 Å². The van der Waals surface area contributed by atoms with Crippen LogP contribution in [0, 0.1) is 6.92 Å². The van der Waals surface area contributed by atoms with E-state index < -0.39 is 10.0 Å². The Morgan fingerprint density at radius 2 is 1.59 bits per heavy atom. The highest BCUT2D eigenvalue weighted by Crippen LogP contribution is 2.24. The fourth-order valence-corrected chi connectivity index (χ4v) is 5.78. The molecule has 174 valence electrons. The predicted molar refractivity (Wildman–Crippen MR) is 128 cm³/mol. The summed E-state index contributed by atoms with van der Waals surface area (Å²) in [7, 11) is -3.59. The Morgan fingerprint density at radius 3 is 2.22 bits per heavy atom. The number of nitrogens with one attached hydrogen (secondary N) is 1. The molecule has 0 saturated carbocycles. The van der Waals surface area contributed by atoms with Crippen molar-refractivity contribution >= 4 is 15.9 Å². The molecule has 1 fully saturated rings. The molecule has 0 spiro atoms. The van der Waals surface area contributed by atoms with E-state index >= 15 is 0 Å². The van der Waals surface area contributed by atoms with Gasteiger partial charge in [-0.25, -0.2) is 8.42 Å². The molecule has 2 aromatic rings. The van der Waals surface area contributed by atoms with Crippen LogP contribution < -0.4 is 5.32 Å². The van der Waals surface area contributed by atoms with Crippen LogP contribution in [0.5, 0.6) is 0 Å². The number of hydrogen-bond acceptors (Lipinski definition) is 4. The van der Waals surface area contributed by atoms with Gasteiger partial charge >= 0.3 is 0 Å². The average molecular weight is 458 g/mol. The van der Waals surface area contributed by atoms with Gasteiger partial charge in [0.05, 0.1) is 4.90 Å². The Bertz CT molecular complexity index is 1010. The molecule has 1 aliphatic rings. The summed E-state index contributed by atoms with van der Waals surface area (Å²) >= 11 is 0. The van der Waals surface area contributed by atoms with Gasteiger partial charge in [-0.15, -0.1) is 0 Å². The summed E-state index contributed by atoms with van der Waals surface area (Å²) in [4.78, 5) is 15.3. The third-order valence-corrected chi connectivity index (χ3v) is 8.20. The molecule has 0 atom stereocenters. The van der Waals surface area contributed by atoms with E-state index in [1.165, 1.54) is 11.6 Å². The van der Waals surface area contributed by atoms with Crippen molar-refractivity contribution in [1.29, 1.82) is 0 Å². The molecule has 1 heterocycles. The summed E-state index contributed by atoms with van der Waals surface area (Å²) in [5, 5.41) is 2.92. The zero-order chi connectivity index (χ0) is 23.1. The monoisotopic (exact) mass is 457 g/mol. The maximum atomic E-state index is 13.1. The molecule has 1 aliphatic heterocycles. The summed E-state index contributed by atoms with van der Waals surface area (Å²) in [6, 6.07) is 13.2. The summed E-state index contributed by atoms with van der Waals surface area (Å²) in [5.41, 5.74) is 3.28. The van der Waals surface area contributed by atoms with Gasteiger partial charge in [-0.05, 0) is 61.7 Å². The van der Waals surface area contributed by atoms with E-state index in [4.69, 9.17) is 0 Å². The van der Waals surface area contributed by atoms with Crippen molar-refractivity contribution < 1.29 is 13.2 Å². The smallest absolute Gasteiger partial charge is 0.251 e. The lowest BCUT2D eigenvalue weighted by molar-refractivity contribution is 0.0950. The average Bonchev–Trinajstić information content (AvgIpc) is 2.82. The number of aryl methyl sites for hydroxylation is 1. The highest BCUT2D eigenvalue weighted by Gasteiger charge is 2.28. The van der Waals surface area contributed by atoms with Crippen molar-refractivity contribution in [2.45, 2.75) is 58.0 Å². The third kappa shape index (κ3) is 5.97. The zero-order valence-corrected chi connectivity index (χ0v) is 20.2. The standard InChI is InChI=1S/C25H35N3O3S/c1-4-27(5-2)19-22-12-10-21(11-13-22)18-26-25(29)23-14-9-20(3)24(17-23)32(30,31)28-15-7-6-8-16-28/h9-14,17H,4-8,15-16,18-19H2,1-3H3,(H,26,29). The van der Waals surface area contributed by atoms with Gasteiger partial charge in [0.15, 0.2) is 0 Å². The second-order valence-corrected chi connectivity index (χ2v) is 10.3. The number of benzene rings is 2. The molecule has 0 aliphatic carbocycles. The first kappa shape index (κ1) is 24.4. The van der Waals surface area contributed by atoms with Crippen molar-refractivity contribution in [3.05, 3.63) is 64.7 Å². The lowest BCUT2D eigenvalue weighted by Crippen LogP contribution is -2.36. The van der Waals surface area contributed by atoms with Crippen molar-refractivity contribution in [2.24, 2.45) is 0 Å². The fraction of sp³-hybridized carbons (Fsp3) is 0.480. The summed E-state index contributed by atoms with van der Waals surface area (Å²) in [6.07, 6.45) is 2.82. The molecule has 6 nitrogen and oxygen atoms in total. The Balaban J connectivity index is 1.66. The van der Waals surface area contributed by atoms with E-state index in [9.17, 15) is 13.2 Å². The van der Waals surface area contributed by atoms with E-state index in [1.54, 1.807) is 23.4 Å². The Morgan fingerprint density at radius 1 is 0.969 bits per heavy atom. The van der Waals surface area contributed by atoms with Crippen LogP contribution in [0.2, 0.25) is 0 Å². The number of carbonyl (C=O) groups is 1. The topological polar surface area (TPSA) is 69.7 Å². The lowest BCUT2D eigenvalue weighted by atomic mass is 10.1. The van der Waals surface area contributed by atoms with Gasteiger partial charge in [0.2, 0.25) is 10.0 Å². The molecule has 1 N–H and O–H groups in total.